The molecular weight excluding hydrogens is 429 g/mol. The summed E-state index contributed by atoms with van der Waals surface area (Å²) in [5.74, 6) is -2.25. The predicted octanol–water partition coefficient (Wildman–Crippen LogP) is 4.08. The first-order valence-corrected chi connectivity index (χ1v) is 10.1. The van der Waals surface area contributed by atoms with Crippen LogP contribution in [0.25, 0.3) is 0 Å². The van der Waals surface area contributed by atoms with E-state index in [-0.39, 0.29) is 25.4 Å². The second-order valence-corrected chi connectivity index (χ2v) is 8.48. The lowest BCUT2D eigenvalue weighted by atomic mass is 10.2. The van der Waals surface area contributed by atoms with Crippen molar-refractivity contribution in [3.8, 4) is 0 Å². The summed E-state index contributed by atoms with van der Waals surface area (Å²) in [7, 11) is -4.23. The Hall–Kier alpha value is -1.72. The van der Waals surface area contributed by atoms with Crippen LogP contribution in [0.2, 0.25) is 5.02 Å². The van der Waals surface area contributed by atoms with Crippen molar-refractivity contribution in [1.82, 2.24) is 14.5 Å². The standard InChI is InChI=1S/C16H15ClF5N3O2S/c17-13-14(9-2-3-9)25(24-15(13)16(20,21)22)7-1-6-23-28(26,27)12-5-4-10(18)8-11(12)19/h4-5,8-9,23H,1-3,6-7H2. The average molecular weight is 444 g/mol. The van der Waals surface area contributed by atoms with Crippen LogP contribution < -0.4 is 4.72 Å². The van der Waals surface area contributed by atoms with Gasteiger partial charge in [0.2, 0.25) is 10.0 Å². The van der Waals surface area contributed by atoms with Gasteiger partial charge in [0.15, 0.2) is 5.69 Å². The fraction of sp³-hybridized carbons (Fsp3) is 0.438. The smallest absolute Gasteiger partial charge is 0.267 e. The number of sulfonamides is 1. The average Bonchev–Trinajstić information content (AvgIpc) is 3.33. The van der Waals surface area contributed by atoms with Crippen LogP contribution in [0, 0.1) is 11.6 Å². The Labute approximate surface area is 162 Å². The molecule has 0 saturated heterocycles. The zero-order valence-electron chi connectivity index (χ0n) is 14.2. The zero-order valence-corrected chi connectivity index (χ0v) is 15.8. The number of benzene rings is 1. The Morgan fingerprint density at radius 1 is 1.25 bits per heavy atom. The Kier molecular flexibility index (Phi) is 5.70. The van der Waals surface area contributed by atoms with Crippen LogP contribution in [0.3, 0.4) is 0 Å². The van der Waals surface area contributed by atoms with Crippen molar-refractivity contribution in [2.45, 2.75) is 42.8 Å². The van der Waals surface area contributed by atoms with E-state index in [1.54, 1.807) is 0 Å². The van der Waals surface area contributed by atoms with Gasteiger partial charge in [-0.2, -0.15) is 18.3 Å². The number of aryl methyl sites for hydroxylation is 1. The number of halogens is 6. The van der Waals surface area contributed by atoms with Gasteiger partial charge in [-0.3, -0.25) is 4.68 Å². The van der Waals surface area contributed by atoms with Gasteiger partial charge in [0.05, 0.1) is 10.7 Å². The van der Waals surface area contributed by atoms with Crippen LogP contribution >= 0.6 is 11.6 Å². The molecule has 1 N–H and O–H groups in total. The van der Waals surface area contributed by atoms with Crippen molar-refractivity contribution in [2.75, 3.05) is 6.54 Å². The highest BCUT2D eigenvalue weighted by molar-refractivity contribution is 7.89. The molecule has 0 aliphatic heterocycles. The minimum atomic E-state index is -4.69. The molecule has 1 saturated carbocycles. The van der Waals surface area contributed by atoms with Crippen molar-refractivity contribution in [1.29, 1.82) is 0 Å². The molecular formula is C16H15ClF5N3O2S. The summed E-state index contributed by atoms with van der Waals surface area (Å²) in [6.45, 7) is -0.182. The molecule has 0 bridgehead atoms. The number of hydrogen-bond acceptors (Lipinski definition) is 3. The molecule has 0 atom stereocenters. The first-order chi connectivity index (χ1) is 13.0. The third kappa shape index (κ3) is 4.47. The van der Waals surface area contributed by atoms with Gasteiger partial charge in [0, 0.05) is 25.1 Å². The van der Waals surface area contributed by atoms with Crippen molar-refractivity contribution in [2.24, 2.45) is 0 Å². The number of alkyl halides is 3. The van der Waals surface area contributed by atoms with Crippen molar-refractivity contribution >= 4 is 21.6 Å². The lowest BCUT2D eigenvalue weighted by Gasteiger charge is -2.09. The molecule has 28 heavy (non-hydrogen) atoms. The fourth-order valence-corrected chi connectivity index (χ4v) is 4.29. The van der Waals surface area contributed by atoms with E-state index in [9.17, 15) is 30.4 Å². The summed E-state index contributed by atoms with van der Waals surface area (Å²) < 4.78 is 93.0. The molecule has 0 amide bonds. The van der Waals surface area contributed by atoms with E-state index in [0.29, 0.717) is 24.6 Å². The van der Waals surface area contributed by atoms with Gasteiger partial charge in [-0.1, -0.05) is 11.6 Å². The van der Waals surface area contributed by atoms with E-state index in [4.69, 9.17) is 11.6 Å². The minimum absolute atomic E-state index is 0.00392. The normalized spacial score (nSPS) is 15.2. The molecule has 1 aromatic heterocycles. The Morgan fingerprint density at radius 3 is 2.50 bits per heavy atom. The maximum absolute atomic E-state index is 13.6. The van der Waals surface area contributed by atoms with E-state index in [1.165, 1.54) is 0 Å². The highest BCUT2D eigenvalue weighted by atomic mass is 35.5. The largest absolute Gasteiger partial charge is 0.436 e. The van der Waals surface area contributed by atoms with Crippen LogP contribution in [-0.2, 0) is 22.7 Å². The Bertz CT molecular complexity index is 987. The number of hydrogen-bond donors (Lipinski definition) is 1. The molecule has 154 valence electrons. The van der Waals surface area contributed by atoms with E-state index < -0.39 is 43.4 Å². The number of nitrogens with one attached hydrogen (secondary N) is 1. The maximum atomic E-state index is 13.6. The molecule has 1 aliphatic rings. The third-order valence-corrected chi connectivity index (χ3v) is 6.05. The van der Waals surface area contributed by atoms with Gasteiger partial charge in [0.25, 0.3) is 0 Å². The SMILES string of the molecule is O=S(=O)(NCCCn1nc(C(F)(F)F)c(Cl)c1C1CC1)c1ccc(F)cc1F. The molecule has 1 fully saturated rings. The summed E-state index contributed by atoms with van der Waals surface area (Å²) in [4.78, 5) is -0.714. The molecule has 0 unspecified atom stereocenters. The van der Waals surface area contributed by atoms with E-state index in [1.807, 2.05) is 0 Å². The summed E-state index contributed by atoms with van der Waals surface area (Å²) in [5, 5.41) is 3.11. The van der Waals surface area contributed by atoms with Gasteiger partial charge in [-0.05, 0) is 31.4 Å². The summed E-state index contributed by atoms with van der Waals surface area (Å²) >= 11 is 5.86. The molecule has 5 nitrogen and oxygen atoms in total. The second kappa shape index (κ2) is 7.60. The van der Waals surface area contributed by atoms with Crippen molar-refractivity contribution < 1.29 is 30.4 Å². The van der Waals surface area contributed by atoms with Crippen LogP contribution in [-0.4, -0.2) is 24.7 Å². The number of rotatable bonds is 7. The molecule has 1 aromatic carbocycles. The van der Waals surface area contributed by atoms with Crippen LogP contribution in [0.1, 0.15) is 36.6 Å². The molecule has 1 heterocycles. The van der Waals surface area contributed by atoms with Gasteiger partial charge in [-0.25, -0.2) is 21.9 Å². The Balaban J connectivity index is 1.67. The first-order valence-electron chi connectivity index (χ1n) is 8.29. The van der Waals surface area contributed by atoms with Gasteiger partial charge >= 0.3 is 6.18 Å². The third-order valence-electron chi connectivity index (χ3n) is 4.19. The molecule has 12 heteroatoms. The van der Waals surface area contributed by atoms with Crippen molar-refractivity contribution in [3.63, 3.8) is 0 Å². The quantitative estimate of drug-likeness (QED) is 0.518. The predicted molar refractivity (Wildman–Crippen MR) is 90.4 cm³/mol. The topological polar surface area (TPSA) is 64.0 Å². The van der Waals surface area contributed by atoms with E-state index >= 15 is 0 Å². The molecule has 3 rings (SSSR count). The molecule has 2 aromatic rings. The lowest BCUT2D eigenvalue weighted by molar-refractivity contribution is -0.141. The van der Waals surface area contributed by atoms with Crippen molar-refractivity contribution in [3.05, 3.63) is 46.2 Å². The summed E-state index contributed by atoms with van der Waals surface area (Å²) in [5.41, 5.74) is -0.869. The lowest BCUT2D eigenvalue weighted by Crippen LogP contribution is -2.26. The molecule has 0 radical (unpaired) electrons. The van der Waals surface area contributed by atoms with Gasteiger partial charge in [-0.15, -0.1) is 0 Å². The van der Waals surface area contributed by atoms with Crippen LogP contribution in [0.15, 0.2) is 23.1 Å². The first kappa shape index (κ1) is 21.0. The van der Waals surface area contributed by atoms with Crippen LogP contribution in [0.5, 0.6) is 0 Å². The maximum Gasteiger partial charge on any atom is 0.436 e. The zero-order chi connectivity index (χ0) is 20.7. The van der Waals surface area contributed by atoms with E-state index in [2.05, 4.69) is 9.82 Å². The molecule has 0 spiro atoms. The highest BCUT2D eigenvalue weighted by Gasteiger charge is 2.41. The summed E-state index contributed by atoms with van der Waals surface area (Å²) in [6.07, 6.45) is -3.18. The minimum Gasteiger partial charge on any atom is -0.267 e. The molecule has 1 aliphatic carbocycles. The van der Waals surface area contributed by atoms with Gasteiger partial charge < -0.3 is 0 Å². The Morgan fingerprint density at radius 2 is 1.93 bits per heavy atom. The highest BCUT2D eigenvalue weighted by Crippen LogP contribution is 2.46. The number of aromatic nitrogens is 2. The summed E-state index contributed by atoms with van der Waals surface area (Å²) in [6, 6.07) is 2.05. The monoisotopic (exact) mass is 443 g/mol. The van der Waals surface area contributed by atoms with Gasteiger partial charge in [0.1, 0.15) is 16.5 Å². The second-order valence-electron chi connectivity index (χ2n) is 6.37. The number of nitrogens with zero attached hydrogens (tertiary/aromatic N) is 2. The van der Waals surface area contributed by atoms with Crippen LogP contribution in [0.4, 0.5) is 22.0 Å². The van der Waals surface area contributed by atoms with E-state index in [0.717, 1.165) is 16.8 Å². The fourth-order valence-electron chi connectivity index (χ4n) is 2.76.